The molecular formula is C15H18FNO. The number of hydrogen-bond donors (Lipinski definition) is 0. The van der Waals surface area contributed by atoms with Crippen molar-refractivity contribution in [1.29, 1.82) is 5.26 Å². The predicted molar refractivity (Wildman–Crippen MR) is 67.8 cm³/mol. The Morgan fingerprint density at radius 3 is 2.61 bits per heavy atom. The van der Waals surface area contributed by atoms with Crippen LogP contribution in [0.1, 0.15) is 45.1 Å². The molecule has 96 valence electrons. The van der Waals surface area contributed by atoms with E-state index >= 15 is 0 Å². The van der Waals surface area contributed by atoms with E-state index in [1.54, 1.807) is 12.1 Å². The maximum atomic E-state index is 13.4. The van der Waals surface area contributed by atoms with E-state index < -0.39 is 5.82 Å². The molecule has 0 atom stereocenters. The fourth-order valence-corrected chi connectivity index (χ4v) is 2.38. The van der Waals surface area contributed by atoms with Crippen molar-refractivity contribution in [3.63, 3.8) is 0 Å². The van der Waals surface area contributed by atoms with Gasteiger partial charge in [0.15, 0.2) is 0 Å². The molecule has 0 heterocycles. The fraction of sp³-hybridized carbons (Fsp3) is 0.533. The first-order valence-corrected chi connectivity index (χ1v) is 6.37. The van der Waals surface area contributed by atoms with Crippen LogP contribution in [0.2, 0.25) is 0 Å². The third-order valence-corrected chi connectivity index (χ3v) is 3.67. The Morgan fingerprint density at radius 1 is 1.33 bits per heavy atom. The second-order valence-corrected chi connectivity index (χ2v) is 5.71. The van der Waals surface area contributed by atoms with Crippen molar-refractivity contribution in [1.82, 2.24) is 0 Å². The molecule has 1 saturated carbocycles. The Morgan fingerprint density at radius 2 is 2.00 bits per heavy atom. The fourth-order valence-electron chi connectivity index (χ4n) is 2.38. The zero-order chi connectivity index (χ0) is 13.2. The standard InChI is InChI=1S/C15H18FNO/c1-15(2)8-6-11(7-9-15)18-14-5-3-4-13(16)12(14)10-17/h3-5,11H,6-9H2,1-2H3. The molecule has 0 aromatic heterocycles. The Bertz CT molecular complexity index is 466. The van der Waals surface area contributed by atoms with Crippen LogP contribution in [0, 0.1) is 22.6 Å². The highest BCUT2D eigenvalue weighted by Crippen LogP contribution is 2.37. The first-order chi connectivity index (χ1) is 8.52. The van der Waals surface area contributed by atoms with Crippen molar-refractivity contribution in [2.45, 2.75) is 45.6 Å². The molecule has 1 aliphatic carbocycles. The SMILES string of the molecule is CC1(C)CCC(Oc2cccc(F)c2C#N)CC1. The van der Waals surface area contributed by atoms with Crippen LogP contribution >= 0.6 is 0 Å². The van der Waals surface area contributed by atoms with E-state index in [2.05, 4.69) is 13.8 Å². The Kier molecular flexibility index (Phi) is 3.56. The summed E-state index contributed by atoms with van der Waals surface area (Å²) in [6, 6.07) is 6.41. The van der Waals surface area contributed by atoms with Gasteiger partial charge in [-0.05, 0) is 43.2 Å². The second-order valence-electron chi connectivity index (χ2n) is 5.71. The van der Waals surface area contributed by atoms with E-state index in [-0.39, 0.29) is 11.7 Å². The molecule has 1 fully saturated rings. The molecule has 0 N–H and O–H groups in total. The van der Waals surface area contributed by atoms with Crippen molar-refractivity contribution in [2.75, 3.05) is 0 Å². The van der Waals surface area contributed by atoms with Gasteiger partial charge in [0.1, 0.15) is 23.2 Å². The Hall–Kier alpha value is -1.56. The van der Waals surface area contributed by atoms with Crippen molar-refractivity contribution in [3.05, 3.63) is 29.6 Å². The first kappa shape index (κ1) is 12.9. The number of benzene rings is 1. The summed E-state index contributed by atoms with van der Waals surface area (Å²) in [4.78, 5) is 0. The number of hydrogen-bond acceptors (Lipinski definition) is 2. The lowest BCUT2D eigenvalue weighted by Crippen LogP contribution is -2.28. The summed E-state index contributed by atoms with van der Waals surface area (Å²) in [6.07, 6.45) is 4.25. The van der Waals surface area contributed by atoms with Gasteiger partial charge in [-0.1, -0.05) is 19.9 Å². The van der Waals surface area contributed by atoms with Gasteiger partial charge in [-0.2, -0.15) is 5.26 Å². The number of ether oxygens (including phenoxy) is 1. The van der Waals surface area contributed by atoms with Gasteiger partial charge in [0.05, 0.1) is 6.10 Å². The van der Waals surface area contributed by atoms with E-state index in [1.807, 2.05) is 6.07 Å². The highest BCUT2D eigenvalue weighted by Gasteiger charge is 2.28. The van der Waals surface area contributed by atoms with E-state index in [0.29, 0.717) is 11.2 Å². The molecule has 0 spiro atoms. The lowest BCUT2D eigenvalue weighted by molar-refractivity contribution is 0.0982. The van der Waals surface area contributed by atoms with Crippen molar-refractivity contribution in [2.24, 2.45) is 5.41 Å². The summed E-state index contributed by atoms with van der Waals surface area (Å²) < 4.78 is 19.2. The molecule has 2 nitrogen and oxygen atoms in total. The minimum absolute atomic E-state index is 0.0160. The van der Waals surface area contributed by atoms with Gasteiger partial charge < -0.3 is 4.74 Å². The average Bonchev–Trinajstić information content (AvgIpc) is 2.32. The number of nitrogens with zero attached hydrogens (tertiary/aromatic N) is 1. The van der Waals surface area contributed by atoms with Gasteiger partial charge in [0.25, 0.3) is 0 Å². The number of halogens is 1. The molecule has 0 bridgehead atoms. The van der Waals surface area contributed by atoms with Gasteiger partial charge in [0.2, 0.25) is 0 Å². The highest BCUT2D eigenvalue weighted by atomic mass is 19.1. The molecule has 0 radical (unpaired) electrons. The van der Waals surface area contributed by atoms with Crippen molar-refractivity contribution >= 4 is 0 Å². The number of rotatable bonds is 2. The average molecular weight is 247 g/mol. The quantitative estimate of drug-likeness (QED) is 0.790. The zero-order valence-corrected chi connectivity index (χ0v) is 10.9. The van der Waals surface area contributed by atoms with Crippen molar-refractivity contribution in [3.8, 4) is 11.8 Å². The van der Waals surface area contributed by atoms with Crippen molar-refractivity contribution < 1.29 is 9.13 Å². The summed E-state index contributed by atoms with van der Waals surface area (Å²) in [5.74, 6) is -0.131. The molecule has 0 saturated heterocycles. The molecule has 0 unspecified atom stereocenters. The third-order valence-electron chi connectivity index (χ3n) is 3.67. The summed E-state index contributed by atoms with van der Waals surface area (Å²) in [6.45, 7) is 4.51. The zero-order valence-electron chi connectivity index (χ0n) is 10.9. The van der Waals surface area contributed by atoms with Gasteiger partial charge in [-0.15, -0.1) is 0 Å². The van der Waals surface area contributed by atoms with E-state index in [1.165, 1.54) is 6.07 Å². The summed E-state index contributed by atoms with van der Waals surface area (Å²) >= 11 is 0. The molecular weight excluding hydrogens is 229 g/mol. The smallest absolute Gasteiger partial charge is 0.144 e. The molecule has 3 heteroatoms. The normalized spacial score (nSPS) is 19.2. The number of nitriles is 1. The molecule has 2 rings (SSSR count). The van der Waals surface area contributed by atoms with E-state index in [0.717, 1.165) is 25.7 Å². The van der Waals surface area contributed by atoms with Crippen LogP contribution in [-0.4, -0.2) is 6.10 Å². The van der Waals surface area contributed by atoms with Gasteiger partial charge in [0, 0.05) is 0 Å². The maximum absolute atomic E-state index is 13.4. The van der Waals surface area contributed by atoms with Crippen LogP contribution in [0.3, 0.4) is 0 Å². The summed E-state index contributed by atoms with van der Waals surface area (Å²) in [5, 5.41) is 8.94. The predicted octanol–water partition coefficient (Wildman–Crippen LogP) is 4.04. The van der Waals surface area contributed by atoms with Crippen LogP contribution in [0.4, 0.5) is 4.39 Å². The van der Waals surface area contributed by atoms with E-state index in [9.17, 15) is 4.39 Å². The van der Waals surface area contributed by atoms with Crippen LogP contribution in [0.25, 0.3) is 0 Å². The minimum Gasteiger partial charge on any atom is -0.489 e. The van der Waals surface area contributed by atoms with Gasteiger partial charge >= 0.3 is 0 Å². The molecule has 0 amide bonds. The molecule has 0 aliphatic heterocycles. The monoisotopic (exact) mass is 247 g/mol. The molecule has 1 aromatic carbocycles. The molecule has 18 heavy (non-hydrogen) atoms. The third kappa shape index (κ3) is 2.81. The maximum Gasteiger partial charge on any atom is 0.144 e. The lowest BCUT2D eigenvalue weighted by Gasteiger charge is -2.34. The summed E-state index contributed by atoms with van der Waals surface area (Å²) in [5.41, 5.74) is 0.391. The Balaban J connectivity index is 2.07. The molecule has 1 aromatic rings. The largest absolute Gasteiger partial charge is 0.489 e. The van der Waals surface area contributed by atoms with Crippen LogP contribution in [-0.2, 0) is 0 Å². The topological polar surface area (TPSA) is 33.0 Å². The Labute approximate surface area is 107 Å². The van der Waals surface area contributed by atoms with E-state index in [4.69, 9.17) is 10.00 Å². The second kappa shape index (κ2) is 4.97. The summed E-state index contributed by atoms with van der Waals surface area (Å²) in [7, 11) is 0. The lowest BCUT2D eigenvalue weighted by atomic mass is 9.76. The molecule has 1 aliphatic rings. The highest BCUT2D eigenvalue weighted by molar-refractivity contribution is 5.43. The van der Waals surface area contributed by atoms with Crippen LogP contribution < -0.4 is 4.74 Å². The first-order valence-electron chi connectivity index (χ1n) is 6.37. The van der Waals surface area contributed by atoms with Crippen LogP contribution in [0.5, 0.6) is 5.75 Å². The van der Waals surface area contributed by atoms with Gasteiger partial charge in [-0.3, -0.25) is 0 Å². The van der Waals surface area contributed by atoms with Crippen LogP contribution in [0.15, 0.2) is 18.2 Å². The minimum atomic E-state index is -0.508. The van der Waals surface area contributed by atoms with Gasteiger partial charge in [-0.25, -0.2) is 4.39 Å².